The predicted octanol–water partition coefficient (Wildman–Crippen LogP) is 2.43. The van der Waals surface area contributed by atoms with E-state index in [9.17, 15) is 9.59 Å². The van der Waals surface area contributed by atoms with Crippen molar-refractivity contribution in [3.63, 3.8) is 0 Å². The second-order valence-corrected chi connectivity index (χ2v) is 7.75. The maximum Gasteiger partial charge on any atom is 0.249 e. The summed E-state index contributed by atoms with van der Waals surface area (Å²) in [5.74, 6) is 1.53. The Morgan fingerprint density at radius 3 is 2.52 bits per heavy atom. The molecule has 1 spiro atoms. The van der Waals surface area contributed by atoms with Gasteiger partial charge in [0, 0.05) is 12.3 Å². The number of thioether (sulfide) groups is 1. The first-order chi connectivity index (χ1) is 10.00. The van der Waals surface area contributed by atoms with Crippen molar-refractivity contribution in [2.45, 2.75) is 64.0 Å². The highest BCUT2D eigenvalue weighted by atomic mass is 32.2. The fourth-order valence-electron chi connectivity index (χ4n) is 3.55. The molecule has 5 heteroatoms. The lowest BCUT2D eigenvalue weighted by Crippen LogP contribution is -2.71. The van der Waals surface area contributed by atoms with E-state index in [0.717, 1.165) is 37.9 Å². The van der Waals surface area contributed by atoms with E-state index in [1.54, 1.807) is 11.8 Å². The molecule has 2 fully saturated rings. The Labute approximate surface area is 132 Å². The summed E-state index contributed by atoms with van der Waals surface area (Å²) in [6, 6.07) is -0.280. The van der Waals surface area contributed by atoms with Gasteiger partial charge in [-0.3, -0.25) is 9.59 Å². The Bertz CT molecular complexity index is 392. The third-order valence-electron chi connectivity index (χ3n) is 4.65. The second kappa shape index (κ2) is 7.03. The molecule has 2 rings (SSSR count). The van der Waals surface area contributed by atoms with Crippen molar-refractivity contribution in [3.8, 4) is 0 Å². The third-order valence-corrected chi connectivity index (χ3v) is 5.24. The molecule has 4 nitrogen and oxygen atoms in total. The van der Waals surface area contributed by atoms with Crippen molar-refractivity contribution >= 4 is 23.6 Å². The van der Waals surface area contributed by atoms with Gasteiger partial charge >= 0.3 is 0 Å². The van der Waals surface area contributed by atoms with Gasteiger partial charge in [0.1, 0.15) is 11.6 Å². The van der Waals surface area contributed by atoms with Crippen LogP contribution in [0.2, 0.25) is 0 Å². The summed E-state index contributed by atoms with van der Waals surface area (Å²) in [5.41, 5.74) is -0.596. The Morgan fingerprint density at radius 1 is 1.29 bits per heavy atom. The van der Waals surface area contributed by atoms with Gasteiger partial charge in [-0.05, 0) is 31.4 Å². The van der Waals surface area contributed by atoms with Crippen molar-refractivity contribution in [3.05, 3.63) is 0 Å². The van der Waals surface area contributed by atoms with Gasteiger partial charge < -0.3 is 10.2 Å². The highest BCUT2D eigenvalue weighted by Crippen LogP contribution is 2.34. The molecule has 0 radical (unpaired) electrons. The number of carbonyl (C=O) groups excluding carboxylic acids is 2. The van der Waals surface area contributed by atoms with Crippen LogP contribution in [0, 0.1) is 5.92 Å². The molecule has 0 aromatic rings. The van der Waals surface area contributed by atoms with Crippen LogP contribution in [0.1, 0.15) is 52.4 Å². The third kappa shape index (κ3) is 3.55. The highest BCUT2D eigenvalue weighted by Gasteiger charge is 2.50. The summed E-state index contributed by atoms with van der Waals surface area (Å²) < 4.78 is 0. The molecule has 1 saturated heterocycles. The van der Waals surface area contributed by atoms with E-state index < -0.39 is 5.54 Å². The number of rotatable bonds is 5. The lowest BCUT2D eigenvalue weighted by Gasteiger charge is -2.48. The van der Waals surface area contributed by atoms with Crippen LogP contribution in [-0.4, -0.2) is 46.8 Å². The van der Waals surface area contributed by atoms with E-state index in [1.165, 1.54) is 6.42 Å². The van der Waals surface area contributed by atoms with Crippen molar-refractivity contribution < 1.29 is 9.59 Å². The molecule has 0 aromatic heterocycles. The lowest BCUT2D eigenvalue weighted by atomic mass is 9.78. The first-order valence-electron chi connectivity index (χ1n) is 8.12. The highest BCUT2D eigenvalue weighted by molar-refractivity contribution is 7.98. The van der Waals surface area contributed by atoms with Gasteiger partial charge in [0.15, 0.2) is 0 Å². The molecular formula is C16H28N2O2S. The van der Waals surface area contributed by atoms with Gasteiger partial charge in [-0.2, -0.15) is 11.8 Å². The average molecular weight is 312 g/mol. The monoisotopic (exact) mass is 312 g/mol. The zero-order valence-corrected chi connectivity index (χ0v) is 14.3. The molecule has 2 aliphatic rings. The summed E-state index contributed by atoms with van der Waals surface area (Å²) in [6.07, 6.45) is 7.66. The average Bonchev–Trinajstić information content (AvgIpc) is 2.45. The summed E-state index contributed by atoms with van der Waals surface area (Å²) in [7, 11) is 0. The Morgan fingerprint density at radius 2 is 1.95 bits per heavy atom. The van der Waals surface area contributed by atoms with Gasteiger partial charge in [0.25, 0.3) is 0 Å². The maximum atomic E-state index is 13.0. The van der Waals surface area contributed by atoms with Crippen LogP contribution < -0.4 is 5.32 Å². The lowest BCUT2D eigenvalue weighted by molar-refractivity contribution is -0.157. The van der Waals surface area contributed by atoms with Crippen LogP contribution >= 0.6 is 11.8 Å². The maximum absolute atomic E-state index is 13.0. The minimum absolute atomic E-state index is 0.0614. The van der Waals surface area contributed by atoms with Gasteiger partial charge in [-0.15, -0.1) is 0 Å². The van der Waals surface area contributed by atoms with Crippen LogP contribution in [0.25, 0.3) is 0 Å². The molecule has 120 valence electrons. The van der Waals surface area contributed by atoms with Crippen LogP contribution in [0.3, 0.4) is 0 Å². The van der Waals surface area contributed by atoms with E-state index in [0.29, 0.717) is 12.5 Å². The summed E-state index contributed by atoms with van der Waals surface area (Å²) in [5, 5.41) is 3.11. The first kappa shape index (κ1) is 16.7. The summed E-state index contributed by atoms with van der Waals surface area (Å²) in [4.78, 5) is 27.5. The Hall–Kier alpha value is -0.710. The number of carbonyl (C=O) groups is 2. The predicted molar refractivity (Wildman–Crippen MR) is 87.3 cm³/mol. The first-order valence-corrected chi connectivity index (χ1v) is 9.51. The number of piperazine rings is 1. The topological polar surface area (TPSA) is 49.4 Å². The molecule has 1 aliphatic heterocycles. The van der Waals surface area contributed by atoms with Crippen LogP contribution in [-0.2, 0) is 9.59 Å². The van der Waals surface area contributed by atoms with Crippen LogP contribution in [0.5, 0.6) is 0 Å². The van der Waals surface area contributed by atoms with E-state index >= 15 is 0 Å². The van der Waals surface area contributed by atoms with Crippen molar-refractivity contribution in [2.75, 3.05) is 18.6 Å². The van der Waals surface area contributed by atoms with Crippen molar-refractivity contribution in [1.82, 2.24) is 10.2 Å². The van der Waals surface area contributed by atoms with Gasteiger partial charge in [-0.1, -0.05) is 33.1 Å². The molecule has 21 heavy (non-hydrogen) atoms. The SMILES string of the molecule is CSCCN1C(=O)C2(CCCCC2)NC(=O)C1CC(C)C. The molecule has 1 N–H and O–H groups in total. The molecule has 1 heterocycles. The quantitative estimate of drug-likeness (QED) is 0.848. The number of hydrogen-bond donors (Lipinski definition) is 1. The van der Waals surface area contributed by atoms with Gasteiger partial charge in [-0.25, -0.2) is 0 Å². The van der Waals surface area contributed by atoms with Gasteiger partial charge in [0.2, 0.25) is 11.8 Å². The molecule has 0 bridgehead atoms. The summed E-state index contributed by atoms with van der Waals surface area (Å²) >= 11 is 1.73. The zero-order chi connectivity index (χ0) is 15.5. The Balaban J connectivity index is 2.21. The van der Waals surface area contributed by atoms with Crippen molar-refractivity contribution in [2.24, 2.45) is 5.92 Å². The fourth-order valence-corrected chi connectivity index (χ4v) is 3.93. The molecular weight excluding hydrogens is 284 g/mol. The van der Waals surface area contributed by atoms with Crippen LogP contribution in [0.4, 0.5) is 0 Å². The minimum atomic E-state index is -0.596. The Kier molecular flexibility index (Phi) is 5.58. The molecule has 1 aliphatic carbocycles. The number of nitrogens with zero attached hydrogens (tertiary/aromatic N) is 1. The van der Waals surface area contributed by atoms with E-state index in [-0.39, 0.29) is 17.9 Å². The molecule has 1 unspecified atom stereocenters. The van der Waals surface area contributed by atoms with E-state index in [4.69, 9.17) is 0 Å². The molecule has 1 saturated carbocycles. The molecule has 1 atom stereocenters. The standard InChI is InChI=1S/C16H28N2O2S/c1-12(2)11-13-14(19)17-16(7-5-4-6-8-16)15(20)18(13)9-10-21-3/h12-13H,4-11H2,1-3H3,(H,17,19). The normalized spacial score (nSPS) is 25.5. The van der Waals surface area contributed by atoms with Crippen LogP contribution in [0.15, 0.2) is 0 Å². The molecule has 0 aromatic carbocycles. The van der Waals surface area contributed by atoms with Crippen molar-refractivity contribution in [1.29, 1.82) is 0 Å². The minimum Gasteiger partial charge on any atom is -0.340 e. The van der Waals surface area contributed by atoms with E-state index in [1.807, 2.05) is 11.2 Å². The van der Waals surface area contributed by atoms with Gasteiger partial charge in [0.05, 0.1) is 0 Å². The second-order valence-electron chi connectivity index (χ2n) is 6.77. The fraction of sp³-hybridized carbons (Fsp3) is 0.875. The number of amides is 2. The zero-order valence-electron chi connectivity index (χ0n) is 13.5. The number of hydrogen-bond acceptors (Lipinski definition) is 3. The smallest absolute Gasteiger partial charge is 0.249 e. The largest absolute Gasteiger partial charge is 0.340 e. The number of nitrogens with one attached hydrogen (secondary N) is 1. The van der Waals surface area contributed by atoms with E-state index in [2.05, 4.69) is 19.2 Å². The summed E-state index contributed by atoms with van der Waals surface area (Å²) in [6.45, 7) is 4.90. The molecule has 2 amide bonds.